The lowest BCUT2D eigenvalue weighted by atomic mass is 9.73. The van der Waals surface area contributed by atoms with Crippen LogP contribution >= 0.6 is 53.4 Å². The van der Waals surface area contributed by atoms with Gasteiger partial charge in [0.2, 0.25) is 0 Å². The van der Waals surface area contributed by atoms with Crippen molar-refractivity contribution >= 4 is 111 Å². The molecule has 2 spiro atoms. The van der Waals surface area contributed by atoms with Gasteiger partial charge in [-0.1, -0.05) is 21.6 Å². The molecule has 10 nitrogen and oxygen atoms in total. The van der Waals surface area contributed by atoms with Gasteiger partial charge in [0.05, 0.1) is 41.9 Å². The van der Waals surface area contributed by atoms with E-state index in [4.69, 9.17) is 9.98 Å². The topological polar surface area (TPSA) is 148 Å². The summed E-state index contributed by atoms with van der Waals surface area (Å²) in [7, 11) is 2.74. The minimum Gasteiger partial charge on any atom is -0.504 e. The minimum absolute atomic E-state index is 0.0282. The molecule has 50 heavy (non-hydrogen) atoms. The molecule has 246 valence electrons. The van der Waals surface area contributed by atoms with Crippen LogP contribution in [0.3, 0.4) is 0 Å². The Labute approximate surface area is 308 Å². The van der Waals surface area contributed by atoms with E-state index in [0.717, 1.165) is 56.3 Å². The van der Waals surface area contributed by atoms with Crippen molar-refractivity contribution in [2.45, 2.75) is 23.7 Å². The number of aliphatic imine (C=N–C) groups is 2. The molecule has 14 heteroatoms. The SMILES string of the molecule is O=C1C=C(SSC2=CC(=O)C(Br)=CC23C=CNc2c(O)c4c5c(c23)=NCCC=5C=N4)C2(C=CNc3c(O)c4c5c(c32)=NCCC=5C=N4)C=C1Br. The Bertz CT molecular complexity index is 2470. The van der Waals surface area contributed by atoms with Gasteiger partial charge in [-0.15, -0.1) is 0 Å². The summed E-state index contributed by atoms with van der Waals surface area (Å²) in [6.07, 6.45) is 19.5. The molecule has 0 fully saturated rings. The zero-order valence-corrected chi connectivity index (χ0v) is 30.5. The Morgan fingerprint density at radius 1 is 0.700 bits per heavy atom. The van der Waals surface area contributed by atoms with Gasteiger partial charge >= 0.3 is 0 Å². The van der Waals surface area contributed by atoms with Gasteiger partial charge in [-0.25, -0.2) is 0 Å². The molecule has 2 aromatic rings. The first-order chi connectivity index (χ1) is 24.2. The minimum atomic E-state index is -0.992. The highest BCUT2D eigenvalue weighted by atomic mass is 79.9. The average molecular weight is 827 g/mol. The van der Waals surface area contributed by atoms with Crippen molar-refractivity contribution in [1.82, 2.24) is 0 Å². The Hall–Kier alpha value is -4.24. The lowest BCUT2D eigenvalue weighted by Crippen LogP contribution is -2.43. The number of carbonyl (C=O) groups excluding carboxylic acids is 2. The summed E-state index contributed by atoms with van der Waals surface area (Å²) in [5.41, 5.74) is 3.47. The third kappa shape index (κ3) is 3.93. The summed E-state index contributed by atoms with van der Waals surface area (Å²) in [6, 6.07) is 0. The third-order valence-corrected chi connectivity index (χ3v) is 14.1. The van der Waals surface area contributed by atoms with Crippen LogP contribution in [-0.4, -0.2) is 47.3 Å². The van der Waals surface area contributed by atoms with E-state index in [0.29, 0.717) is 54.6 Å². The highest BCUT2D eigenvalue weighted by Gasteiger charge is 2.47. The predicted molar refractivity (Wildman–Crippen MR) is 204 cm³/mol. The van der Waals surface area contributed by atoms with E-state index in [9.17, 15) is 19.8 Å². The van der Waals surface area contributed by atoms with Crippen molar-refractivity contribution in [1.29, 1.82) is 0 Å². The van der Waals surface area contributed by atoms with Gasteiger partial charge in [-0.3, -0.25) is 29.6 Å². The normalized spacial score (nSPS) is 25.6. The molecule has 6 heterocycles. The quantitative estimate of drug-likeness (QED) is 0.255. The second-order valence-electron chi connectivity index (χ2n) is 12.8. The van der Waals surface area contributed by atoms with E-state index in [-0.39, 0.29) is 23.1 Å². The first kappa shape index (κ1) is 30.6. The summed E-state index contributed by atoms with van der Waals surface area (Å²) in [6.45, 7) is 1.14. The number of nitrogens with one attached hydrogen (secondary N) is 2. The van der Waals surface area contributed by atoms with E-state index in [1.54, 1.807) is 37.0 Å². The second kappa shape index (κ2) is 10.6. The predicted octanol–water partition coefficient (Wildman–Crippen LogP) is 4.80. The fourth-order valence-corrected chi connectivity index (χ4v) is 11.8. The van der Waals surface area contributed by atoms with Gasteiger partial charge in [-0.2, -0.15) is 0 Å². The first-order valence-electron chi connectivity index (χ1n) is 15.8. The van der Waals surface area contributed by atoms with E-state index in [1.807, 2.05) is 24.3 Å². The monoisotopic (exact) mass is 824 g/mol. The number of anilines is 2. The molecule has 2 aromatic carbocycles. The number of rotatable bonds is 3. The molecule has 0 saturated carbocycles. The number of halogens is 2. The zero-order valence-electron chi connectivity index (χ0n) is 25.7. The van der Waals surface area contributed by atoms with Gasteiger partial charge in [0.15, 0.2) is 23.1 Å². The maximum absolute atomic E-state index is 13.4. The highest BCUT2D eigenvalue weighted by molar-refractivity contribution is 9.12. The number of benzene rings is 2. The number of ketones is 2. The van der Waals surface area contributed by atoms with Gasteiger partial charge < -0.3 is 20.8 Å². The summed E-state index contributed by atoms with van der Waals surface area (Å²) in [4.78, 5) is 47.1. The van der Waals surface area contributed by atoms with Crippen LogP contribution in [0, 0.1) is 0 Å². The maximum Gasteiger partial charge on any atom is 0.193 e. The molecule has 6 aliphatic heterocycles. The van der Waals surface area contributed by atoms with E-state index >= 15 is 0 Å². The summed E-state index contributed by atoms with van der Waals surface area (Å²) < 4.78 is 0.774. The molecule has 2 atom stereocenters. The van der Waals surface area contributed by atoms with Crippen molar-refractivity contribution in [2.75, 3.05) is 23.7 Å². The number of nitrogens with zero attached hydrogens (tertiary/aromatic N) is 4. The fraction of sp³-hybridized carbons (Fsp3) is 0.167. The van der Waals surface area contributed by atoms with Crippen molar-refractivity contribution in [3.05, 3.63) is 99.9 Å². The molecule has 2 unspecified atom stereocenters. The number of phenolic OH excluding ortho intramolecular Hbond substituents is 2. The average Bonchev–Trinajstić information content (AvgIpc) is 3.76. The standard InChI is InChI=1S/C36H22Br2N6O4S2/c37-17-11-35(3-7-41-31-25(35)27-23-15(1-5-39-27)13-43-29(23)33(31)47)21(9-19(17)45)49-50-22-10-20(46)18(38)12-36(22)4-8-42-32-26(36)28-24-16(2-6-40-28)14-44-30(24)34(32)48/h3-4,7-14,41-42,47-48H,1-2,5-6H2. The van der Waals surface area contributed by atoms with Gasteiger partial charge in [0.25, 0.3) is 0 Å². The van der Waals surface area contributed by atoms with Gasteiger partial charge in [0.1, 0.15) is 11.4 Å². The van der Waals surface area contributed by atoms with Crippen LogP contribution in [0.5, 0.6) is 11.5 Å². The number of hydrogen-bond acceptors (Lipinski definition) is 12. The van der Waals surface area contributed by atoms with E-state index in [2.05, 4.69) is 52.5 Å². The van der Waals surface area contributed by atoms with Crippen LogP contribution in [0.15, 0.2) is 87.6 Å². The van der Waals surface area contributed by atoms with Crippen LogP contribution < -0.4 is 31.8 Å². The number of hydrogen-bond donors (Lipinski definition) is 4. The van der Waals surface area contributed by atoms with Crippen LogP contribution in [0.25, 0.3) is 11.1 Å². The Balaban J connectivity index is 1.15. The van der Waals surface area contributed by atoms with E-state index in [1.165, 1.54) is 21.6 Å². The number of allylic oxidation sites excluding steroid dienone is 10. The van der Waals surface area contributed by atoms with Crippen molar-refractivity contribution in [3.63, 3.8) is 0 Å². The molecule has 4 N–H and O–H groups in total. The molecule has 0 bridgehead atoms. The molecule has 2 aliphatic carbocycles. The van der Waals surface area contributed by atoms with Crippen molar-refractivity contribution in [2.24, 2.45) is 20.0 Å². The Morgan fingerprint density at radius 3 is 1.58 bits per heavy atom. The Morgan fingerprint density at radius 2 is 1.14 bits per heavy atom. The van der Waals surface area contributed by atoms with Crippen LogP contribution in [-0.2, 0) is 20.4 Å². The van der Waals surface area contributed by atoms with Gasteiger partial charge in [0, 0.05) is 56.9 Å². The van der Waals surface area contributed by atoms with E-state index < -0.39 is 10.8 Å². The van der Waals surface area contributed by atoms with Crippen LogP contribution in [0.4, 0.5) is 22.7 Å². The smallest absolute Gasteiger partial charge is 0.193 e. The molecule has 0 radical (unpaired) electrons. The summed E-state index contributed by atoms with van der Waals surface area (Å²) >= 11 is 7.03. The molecule has 0 saturated heterocycles. The number of carbonyl (C=O) groups is 2. The molecule has 8 aliphatic rings. The number of phenols is 2. The third-order valence-electron chi connectivity index (χ3n) is 10.2. The fourth-order valence-electron chi connectivity index (χ4n) is 7.96. The second-order valence-corrected chi connectivity index (χ2v) is 16.7. The Kier molecular flexibility index (Phi) is 6.51. The van der Waals surface area contributed by atoms with Gasteiger partial charge in [-0.05, 0) is 105 Å². The summed E-state index contributed by atoms with van der Waals surface area (Å²) in [5.74, 6) is -0.353. The molecular formula is C36H22Br2N6O4S2. The van der Waals surface area contributed by atoms with Crippen molar-refractivity contribution < 1.29 is 19.8 Å². The van der Waals surface area contributed by atoms with Crippen molar-refractivity contribution in [3.8, 4) is 11.5 Å². The number of aromatic hydroxyl groups is 2. The first-order valence-corrected chi connectivity index (χ1v) is 19.5. The van der Waals surface area contributed by atoms with Crippen LogP contribution in [0.2, 0.25) is 0 Å². The number of fused-ring (bicyclic) bond motifs is 6. The zero-order chi connectivity index (χ0) is 34.1. The molecule has 0 amide bonds. The lowest BCUT2D eigenvalue weighted by Gasteiger charge is -2.39. The maximum atomic E-state index is 13.4. The van der Waals surface area contributed by atoms with Crippen LogP contribution in [0.1, 0.15) is 24.0 Å². The highest BCUT2D eigenvalue weighted by Crippen LogP contribution is 2.59. The molecule has 10 rings (SSSR count). The largest absolute Gasteiger partial charge is 0.504 e. The lowest BCUT2D eigenvalue weighted by molar-refractivity contribution is -0.111. The molecular weight excluding hydrogens is 804 g/mol. The molecule has 0 aromatic heterocycles. The summed E-state index contributed by atoms with van der Waals surface area (Å²) in [5, 5.41) is 32.6.